The lowest BCUT2D eigenvalue weighted by atomic mass is 10.2. The van der Waals surface area contributed by atoms with Crippen molar-refractivity contribution in [1.29, 1.82) is 0 Å². The van der Waals surface area contributed by atoms with E-state index in [2.05, 4.69) is 25.4 Å². The fourth-order valence-electron chi connectivity index (χ4n) is 2.33. The molecular formula is C15H13N7O. The molecule has 0 radical (unpaired) electrons. The van der Waals surface area contributed by atoms with E-state index in [0.29, 0.717) is 35.1 Å². The van der Waals surface area contributed by atoms with E-state index < -0.39 is 0 Å². The number of anilines is 2. The maximum Gasteiger partial charge on any atom is 0.166 e. The Hall–Kier alpha value is -3.42. The van der Waals surface area contributed by atoms with Gasteiger partial charge in [-0.25, -0.2) is 19.5 Å². The molecule has 0 spiro atoms. The Morgan fingerprint density at radius 1 is 1.26 bits per heavy atom. The molecule has 0 atom stereocenters. The molecule has 0 amide bonds. The number of rotatable bonds is 4. The van der Waals surface area contributed by atoms with Crippen molar-refractivity contribution in [3.8, 4) is 11.3 Å². The van der Waals surface area contributed by atoms with E-state index in [9.17, 15) is 0 Å². The van der Waals surface area contributed by atoms with Gasteiger partial charge in [0.15, 0.2) is 11.5 Å². The van der Waals surface area contributed by atoms with Gasteiger partial charge in [0.1, 0.15) is 12.1 Å². The van der Waals surface area contributed by atoms with Crippen molar-refractivity contribution >= 4 is 17.3 Å². The van der Waals surface area contributed by atoms with Crippen LogP contribution in [0.3, 0.4) is 0 Å². The number of nitrogens with two attached hydrogens (primary N) is 1. The van der Waals surface area contributed by atoms with E-state index in [0.717, 1.165) is 5.56 Å². The van der Waals surface area contributed by atoms with E-state index >= 15 is 0 Å². The predicted octanol–water partition coefficient (Wildman–Crippen LogP) is 1.97. The van der Waals surface area contributed by atoms with Crippen LogP contribution < -0.4 is 11.1 Å². The Morgan fingerprint density at radius 2 is 2.22 bits per heavy atom. The summed E-state index contributed by atoms with van der Waals surface area (Å²) >= 11 is 0. The zero-order valence-electron chi connectivity index (χ0n) is 12.0. The normalized spacial score (nSPS) is 11.0. The Balaban J connectivity index is 1.68. The van der Waals surface area contributed by atoms with Crippen LogP contribution in [0.5, 0.6) is 0 Å². The lowest BCUT2D eigenvalue weighted by molar-refractivity contribution is 0.564. The van der Waals surface area contributed by atoms with Crippen LogP contribution >= 0.6 is 0 Å². The first-order valence-electron chi connectivity index (χ1n) is 6.97. The molecule has 4 aromatic heterocycles. The molecule has 8 nitrogen and oxygen atoms in total. The number of nitrogen functional groups attached to an aromatic ring is 1. The van der Waals surface area contributed by atoms with Crippen LogP contribution in [0.15, 0.2) is 53.9 Å². The van der Waals surface area contributed by atoms with E-state index in [-0.39, 0.29) is 0 Å². The zero-order chi connectivity index (χ0) is 15.6. The van der Waals surface area contributed by atoms with Gasteiger partial charge in [0.25, 0.3) is 0 Å². The van der Waals surface area contributed by atoms with Gasteiger partial charge in [0.05, 0.1) is 23.8 Å². The summed E-state index contributed by atoms with van der Waals surface area (Å²) in [7, 11) is 0. The van der Waals surface area contributed by atoms with E-state index in [4.69, 9.17) is 10.2 Å². The van der Waals surface area contributed by atoms with Crippen LogP contribution in [0, 0.1) is 0 Å². The average molecular weight is 307 g/mol. The topological polar surface area (TPSA) is 107 Å². The van der Waals surface area contributed by atoms with Crippen LogP contribution in [-0.4, -0.2) is 24.6 Å². The van der Waals surface area contributed by atoms with Crippen molar-refractivity contribution in [2.24, 2.45) is 0 Å². The summed E-state index contributed by atoms with van der Waals surface area (Å²) in [6, 6.07) is 5.51. The molecule has 114 valence electrons. The van der Waals surface area contributed by atoms with E-state index in [1.54, 1.807) is 35.5 Å². The van der Waals surface area contributed by atoms with Gasteiger partial charge in [-0.15, -0.1) is 5.10 Å². The molecule has 0 unspecified atom stereocenters. The lowest BCUT2D eigenvalue weighted by Gasteiger charge is -2.05. The van der Waals surface area contributed by atoms with E-state index in [1.165, 1.54) is 6.33 Å². The third-order valence-corrected chi connectivity index (χ3v) is 3.40. The number of hydrogen-bond donors (Lipinski definition) is 2. The van der Waals surface area contributed by atoms with Crippen molar-refractivity contribution in [1.82, 2.24) is 24.6 Å². The van der Waals surface area contributed by atoms with Crippen molar-refractivity contribution in [2.75, 3.05) is 11.1 Å². The third kappa shape index (κ3) is 2.46. The first kappa shape index (κ1) is 13.3. The minimum atomic E-state index is 0.378. The monoisotopic (exact) mass is 307 g/mol. The molecule has 0 aliphatic heterocycles. The molecular weight excluding hydrogens is 294 g/mol. The second-order valence-corrected chi connectivity index (χ2v) is 4.92. The second kappa shape index (κ2) is 5.41. The number of fused-ring (bicyclic) bond motifs is 1. The predicted molar refractivity (Wildman–Crippen MR) is 84.5 cm³/mol. The quantitative estimate of drug-likeness (QED) is 0.593. The highest BCUT2D eigenvalue weighted by Gasteiger charge is 2.15. The van der Waals surface area contributed by atoms with Gasteiger partial charge in [-0.1, -0.05) is 0 Å². The van der Waals surface area contributed by atoms with Gasteiger partial charge in [-0.3, -0.25) is 0 Å². The summed E-state index contributed by atoms with van der Waals surface area (Å²) < 4.78 is 6.67. The highest BCUT2D eigenvalue weighted by atomic mass is 16.3. The molecule has 0 aromatic carbocycles. The number of aromatic nitrogens is 5. The first-order valence-corrected chi connectivity index (χ1v) is 6.97. The molecule has 23 heavy (non-hydrogen) atoms. The number of nitrogens with one attached hydrogen (secondary N) is 1. The molecule has 0 fully saturated rings. The van der Waals surface area contributed by atoms with Crippen molar-refractivity contribution < 1.29 is 4.42 Å². The lowest BCUT2D eigenvalue weighted by Crippen LogP contribution is -2.01. The van der Waals surface area contributed by atoms with Crippen molar-refractivity contribution in [3.05, 3.63) is 55.0 Å². The van der Waals surface area contributed by atoms with Gasteiger partial charge in [0, 0.05) is 30.6 Å². The number of nitrogens with zero attached hydrogens (tertiary/aromatic N) is 5. The van der Waals surface area contributed by atoms with Gasteiger partial charge >= 0.3 is 0 Å². The Kier molecular flexibility index (Phi) is 3.12. The molecule has 8 heteroatoms. The Bertz CT molecular complexity index is 946. The average Bonchev–Trinajstić information content (AvgIpc) is 3.19. The number of hydrogen-bond acceptors (Lipinski definition) is 7. The molecule has 0 saturated heterocycles. The van der Waals surface area contributed by atoms with Crippen LogP contribution in [-0.2, 0) is 6.54 Å². The molecule has 4 heterocycles. The standard InChI is InChI=1S/C15H13N7O/c16-14-13(15-17-3-1-4-22(15)21-14)11-6-12(20-9-19-11)18-7-10-2-5-23-8-10/h1-6,8-9H,7H2,(H2,16,21)(H,18,19,20). The first-order chi connectivity index (χ1) is 11.3. The summed E-state index contributed by atoms with van der Waals surface area (Å²) in [5, 5.41) is 7.46. The molecule has 0 bridgehead atoms. The van der Waals surface area contributed by atoms with Crippen molar-refractivity contribution in [3.63, 3.8) is 0 Å². The summed E-state index contributed by atoms with van der Waals surface area (Å²) in [6.45, 7) is 0.607. The van der Waals surface area contributed by atoms with Gasteiger partial charge in [0.2, 0.25) is 0 Å². The molecule has 4 rings (SSSR count). The molecule has 3 N–H and O–H groups in total. The minimum absolute atomic E-state index is 0.378. The SMILES string of the molecule is Nc1nn2cccnc2c1-c1cc(NCc2ccoc2)ncn1. The molecule has 0 aliphatic rings. The fourth-order valence-corrected chi connectivity index (χ4v) is 2.33. The largest absolute Gasteiger partial charge is 0.472 e. The summed E-state index contributed by atoms with van der Waals surface area (Å²) in [4.78, 5) is 12.8. The van der Waals surface area contributed by atoms with Gasteiger partial charge < -0.3 is 15.5 Å². The Morgan fingerprint density at radius 3 is 3.09 bits per heavy atom. The smallest absolute Gasteiger partial charge is 0.166 e. The highest BCUT2D eigenvalue weighted by Crippen LogP contribution is 2.28. The minimum Gasteiger partial charge on any atom is -0.472 e. The van der Waals surface area contributed by atoms with Crippen LogP contribution in [0.1, 0.15) is 5.56 Å². The van der Waals surface area contributed by atoms with Crippen LogP contribution in [0.25, 0.3) is 16.9 Å². The van der Waals surface area contributed by atoms with E-state index in [1.807, 2.05) is 12.1 Å². The summed E-state index contributed by atoms with van der Waals surface area (Å²) in [5.41, 5.74) is 9.07. The second-order valence-electron chi connectivity index (χ2n) is 4.92. The van der Waals surface area contributed by atoms with Gasteiger partial charge in [-0.05, 0) is 12.1 Å². The Labute approximate surface area is 131 Å². The maximum atomic E-state index is 6.02. The fraction of sp³-hybridized carbons (Fsp3) is 0.0667. The van der Waals surface area contributed by atoms with Crippen molar-refractivity contribution in [2.45, 2.75) is 6.54 Å². The summed E-state index contributed by atoms with van der Waals surface area (Å²) in [5.74, 6) is 1.06. The molecule has 4 aromatic rings. The van der Waals surface area contributed by atoms with Gasteiger partial charge in [-0.2, -0.15) is 0 Å². The highest BCUT2D eigenvalue weighted by molar-refractivity contribution is 5.84. The third-order valence-electron chi connectivity index (χ3n) is 3.40. The number of furan rings is 1. The molecule has 0 saturated carbocycles. The zero-order valence-corrected chi connectivity index (χ0v) is 12.0. The van der Waals surface area contributed by atoms with Crippen LogP contribution in [0.2, 0.25) is 0 Å². The molecule has 0 aliphatic carbocycles. The van der Waals surface area contributed by atoms with Crippen LogP contribution in [0.4, 0.5) is 11.6 Å². The summed E-state index contributed by atoms with van der Waals surface area (Å²) in [6.07, 6.45) is 8.29. The maximum absolute atomic E-state index is 6.02.